The summed E-state index contributed by atoms with van der Waals surface area (Å²) in [5.74, 6) is -0.604. The zero-order valence-corrected chi connectivity index (χ0v) is 13.1. The highest BCUT2D eigenvalue weighted by molar-refractivity contribution is 5.96. The maximum absolute atomic E-state index is 12.1. The molecule has 0 unspecified atom stereocenters. The van der Waals surface area contributed by atoms with E-state index in [1.807, 2.05) is 23.9 Å². The van der Waals surface area contributed by atoms with Crippen molar-refractivity contribution in [2.45, 2.75) is 13.5 Å². The Balaban J connectivity index is 2.27. The lowest BCUT2D eigenvalue weighted by molar-refractivity contribution is -0.121. The molecule has 0 spiro atoms. The number of rotatable bonds is 7. The topological polar surface area (TPSA) is 74.5 Å². The summed E-state index contributed by atoms with van der Waals surface area (Å²) in [6.45, 7) is 2.99. The molecule has 0 fully saturated rings. The van der Waals surface area contributed by atoms with E-state index >= 15 is 0 Å². The van der Waals surface area contributed by atoms with Gasteiger partial charge in [-0.15, -0.1) is 0 Å². The maximum atomic E-state index is 12.1. The van der Waals surface area contributed by atoms with Crippen LogP contribution < -0.4 is 5.32 Å². The van der Waals surface area contributed by atoms with Gasteiger partial charge >= 0.3 is 5.97 Å². The van der Waals surface area contributed by atoms with E-state index in [4.69, 9.17) is 9.47 Å². The Morgan fingerprint density at radius 2 is 2.09 bits per heavy atom. The second kappa shape index (κ2) is 7.13. The van der Waals surface area contributed by atoms with Gasteiger partial charge in [-0.05, 0) is 19.1 Å². The molecule has 0 saturated carbocycles. The molecule has 2 aromatic rings. The van der Waals surface area contributed by atoms with Gasteiger partial charge in [0.1, 0.15) is 12.2 Å². The number of carbonyl (C=O) groups excluding carboxylic acids is 2. The van der Waals surface area contributed by atoms with Crippen molar-refractivity contribution in [3.63, 3.8) is 0 Å². The molecule has 0 bridgehead atoms. The standard InChI is InChI=1S/C15H21N3O4/c1-4-22-15(20)13-9-12-11(5-7-17(12)2)18(13)10-14(19)16-6-8-21-3/h5,7,9H,4,6,8,10H2,1-3H3,(H,16,19). The molecular weight excluding hydrogens is 286 g/mol. The molecule has 0 saturated heterocycles. The molecule has 7 nitrogen and oxygen atoms in total. The number of hydrogen-bond acceptors (Lipinski definition) is 4. The molecule has 2 aromatic heterocycles. The minimum Gasteiger partial charge on any atom is -0.461 e. The summed E-state index contributed by atoms with van der Waals surface area (Å²) in [5, 5.41) is 2.75. The fraction of sp³-hybridized carbons (Fsp3) is 0.467. The number of esters is 1. The number of ether oxygens (including phenoxy) is 2. The average molecular weight is 307 g/mol. The molecule has 2 rings (SSSR count). The Morgan fingerprint density at radius 3 is 2.77 bits per heavy atom. The molecule has 1 amide bonds. The van der Waals surface area contributed by atoms with E-state index in [1.54, 1.807) is 24.7 Å². The summed E-state index contributed by atoms with van der Waals surface area (Å²) in [7, 11) is 3.46. The van der Waals surface area contributed by atoms with Gasteiger partial charge in [0.15, 0.2) is 0 Å². The normalized spacial score (nSPS) is 10.9. The minimum absolute atomic E-state index is 0.0609. The van der Waals surface area contributed by atoms with Crippen LogP contribution in [0.15, 0.2) is 18.3 Å². The van der Waals surface area contributed by atoms with E-state index in [2.05, 4.69) is 5.32 Å². The number of methoxy groups -OCH3 is 1. The Morgan fingerprint density at radius 1 is 1.32 bits per heavy atom. The molecular formula is C15H21N3O4. The van der Waals surface area contributed by atoms with Crippen LogP contribution in [0.1, 0.15) is 17.4 Å². The molecule has 1 N–H and O–H groups in total. The number of nitrogens with one attached hydrogen (secondary N) is 1. The highest BCUT2D eigenvalue weighted by atomic mass is 16.5. The van der Waals surface area contributed by atoms with Crippen LogP contribution >= 0.6 is 0 Å². The fourth-order valence-electron chi connectivity index (χ4n) is 2.31. The molecule has 0 aromatic carbocycles. The fourth-order valence-corrected chi connectivity index (χ4v) is 2.31. The maximum Gasteiger partial charge on any atom is 0.355 e. The number of aryl methyl sites for hydroxylation is 1. The lowest BCUT2D eigenvalue weighted by Crippen LogP contribution is -2.31. The number of nitrogens with zero attached hydrogens (tertiary/aromatic N) is 2. The predicted molar refractivity (Wildman–Crippen MR) is 81.8 cm³/mol. The number of aromatic nitrogens is 2. The van der Waals surface area contributed by atoms with Gasteiger partial charge in [0.2, 0.25) is 5.91 Å². The molecule has 2 heterocycles. The third-order valence-corrected chi connectivity index (χ3v) is 3.37. The zero-order valence-electron chi connectivity index (χ0n) is 13.1. The summed E-state index contributed by atoms with van der Waals surface area (Å²) in [4.78, 5) is 24.1. The molecule has 0 aliphatic carbocycles. The van der Waals surface area contributed by atoms with Gasteiger partial charge in [-0.25, -0.2) is 4.79 Å². The van der Waals surface area contributed by atoms with Crippen LogP contribution in [-0.2, 0) is 27.9 Å². The van der Waals surface area contributed by atoms with Gasteiger partial charge in [-0.2, -0.15) is 0 Å². The summed E-state index contributed by atoms with van der Waals surface area (Å²) < 4.78 is 13.5. The second-order valence-corrected chi connectivity index (χ2v) is 4.88. The summed E-state index contributed by atoms with van der Waals surface area (Å²) in [6.07, 6.45) is 1.89. The van der Waals surface area contributed by atoms with Crippen LogP contribution in [0.5, 0.6) is 0 Å². The highest BCUT2D eigenvalue weighted by Gasteiger charge is 2.19. The van der Waals surface area contributed by atoms with Crippen molar-refractivity contribution in [1.82, 2.24) is 14.5 Å². The lowest BCUT2D eigenvalue weighted by atomic mass is 10.4. The molecule has 120 valence electrons. The van der Waals surface area contributed by atoms with Crippen LogP contribution in [0.25, 0.3) is 11.0 Å². The van der Waals surface area contributed by atoms with Gasteiger partial charge < -0.3 is 23.9 Å². The summed E-state index contributed by atoms with van der Waals surface area (Å²) in [6, 6.07) is 3.62. The zero-order chi connectivity index (χ0) is 16.1. The van der Waals surface area contributed by atoms with Crippen LogP contribution in [0.2, 0.25) is 0 Å². The largest absolute Gasteiger partial charge is 0.461 e. The van der Waals surface area contributed by atoms with Crippen molar-refractivity contribution in [2.75, 3.05) is 26.9 Å². The first kappa shape index (κ1) is 16.1. The van der Waals surface area contributed by atoms with Crippen molar-refractivity contribution in [2.24, 2.45) is 7.05 Å². The average Bonchev–Trinajstić information content (AvgIpc) is 3.01. The Kier molecular flexibility index (Phi) is 5.21. The number of amides is 1. The molecule has 0 aliphatic heterocycles. The van der Waals surface area contributed by atoms with Crippen molar-refractivity contribution < 1.29 is 19.1 Å². The number of carbonyl (C=O) groups is 2. The first-order valence-corrected chi connectivity index (χ1v) is 7.15. The van der Waals surface area contributed by atoms with E-state index in [1.165, 1.54) is 0 Å². The molecule has 7 heteroatoms. The van der Waals surface area contributed by atoms with Crippen LogP contribution in [0.4, 0.5) is 0 Å². The second-order valence-electron chi connectivity index (χ2n) is 4.88. The predicted octanol–water partition coefficient (Wildman–Crippen LogP) is 0.919. The Hall–Kier alpha value is -2.28. The van der Waals surface area contributed by atoms with Crippen molar-refractivity contribution >= 4 is 22.9 Å². The van der Waals surface area contributed by atoms with Crippen LogP contribution in [0, 0.1) is 0 Å². The number of hydrogen-bond donors (Lipinski definition) is 1. The molecule has 0 aliphatic rings. The van der Waals surface area contributed by atoms with Gasteiger partial charge in [0, 0.05) is 26.9 Å². The first-order chi connectivity index (χ1) is 10.6. The van der Waals surface area contributed by atoms with E-state index < -0.39 is 5.97 Å². The molecule has 0 atom stereocenters. The lowest BCUT2D eigenvalue weighted by Gasteiger charge is -2.10. The SMILES string of the molecule is CCOC(=O)c1cc2c(ccn2C)n1CC(=O)NCCOC. The van der Waals surface area contributed by atoms with Crippen molar-refractivity contribution in [1.29, 1.82) is 0 Å². The minimum atomic E-state index is -0.427. The Labute approximate surface area is 128 Å². The molecule has 22 heavy (non-hydrogen) atoms. The third kappa shape index (κ3) is 3.30. The number of fused-ring (bicyclic) bond motifs is 1. The van der Waals surface area contributed by atoms with Gasteiger partial charge in [0.05, 0.1) is 24.2 Å². The smallest absolute Gasteiger partial charge is 0.355 e. The summed E-state index contributed by atoms with van der Waals surface area (Å²) in [5.41, 5.74) is 2.09. The summed E-state index contributed by atoms with van der Waals surface area (Å²) >= 11 is 0. The monoisotopic (exact) mass is 307 g/mol. The highest BCUT2D eigenvalue weighted by Crippen LogP contribution is 2.21. The quantitative estimate of drug-likeness (QED) is 0.610. The Bertz CT molecular complexity index is 672. The van der Waals surface area contributed by atoms with E-state index in [-0.39, 0.29) is 12.5 Å². The van der Waals surface area contributed by atoms with Gasteiger partial charge in [0.25, 0.3) is 0 Å². The van der Waals surface area contributed by atoms with Crippen molar-refractivity contribution in [3.8, 4) is 0 Å². The third-order valence-electron chi connectivity index (χ3n) is 3.37. The van der Waals surface area contributed by atoms with Crippen LogP contribution in [0.3, 0.4) is 0 Å². The van der Waals surface area contributed by atoms with Gasteiger partial charge in [-0.1, -0.05) is 0 Å². The molecule has 0 radical (unpaired) electrons. The first-order valence-electron chi connectivity index (χ1n) is 7.15. The van der Waals surface area contributed by atoms with Crippen molar-refractivity contribution in [3.05, 3.63) is 24.0 Å². The van der Waals surface area contributed by atoms with Crippen LogP contribution in [-0.4, -0.2) is 47.9 Å². The van der Waals surface area contributed by atoms with E-state index in [0.29, 0.717) is 25.5 Å². The van der Waals surface area contributed by atoms with E-state index in [9.17, 15) is 9.59 Å². The van der Waals surface area contributed by atoms with E-state index in [0.717, 1.165) is 11.0 Å². The van der Waals surface area contributed by atoms with Gasteiger partial charge in [-0.3, -0.25) is 4.79 Å².